The zero-order chi connectivity index (χ0) is 25.8. The second-order valence-electron chi connectivity index (χ2n) is 10.1. The number of thiophene rings is 1. The molecule has 9 heteroatoms. The van der Waals surface area contributed by atoms with Crippen LogP contribution in [0.15, 0.2) is 46.0 Å². The van der Waals surface area contributed by atoms with Crippen molar-refractivity contribution in [2.45, 2.75) is 44.7 Å². The Hall–Kier alpha value is -3.43. The smallest absolute Gasteiger partial charge is 0.328 e. The molecule has 6 rings (SSSR count). The molecule has 2 aromatic heterocycles. The number of amides is 1. The second-order valence-corrected chi connectivity index (χ2v) is 11.1. The van der Waals surface area contributed by atoms with Crippen molar-refractivity contribution in [3.05, 3.63) is 68.4 Å². The highest BCUT2D eigenvalue weighted by Crippen LogP contribution is 2.44. The Balaban J connectivity index is 1.27. The van der Waals surface area contributed by atoms with Gasteiger partial charge in [0.05, 0.1) is 12.6 Å². The molecule has 1 unspecified atom stereocenters. The van der Waals surface area contributed by atoms with Gasteiger partial charge in [-0.2, -0.15) is 0 Å². The van der Waals surface area contributed by atoms with Crippen LogP contribution in [-0.4, -0.2) is 42.2 Å². The first kappa shape index (κ1) is 23.9. The molecule has 8 nitrogen and oxygen atoms in total. The summed E-state index contributed by atoms with van der Waals surface area (Å²) in [4.78, 5) is 42.8. The molecule has 0 bridgehead atoms. The summed E-state index contributed by atoms with van der Waals surface area (Å²) < 4.78 is 8.37. The maximum absolute atomic E-state index is 13.4. The standard InChI is InChI=1S/C28H30N4O4S/c1-15(33)31(2)16-7-10-24-20(13-16)25-26(37-24)27(34)32(28(35)30-25)12-11-22-18-8-9-19-17(21(18)14-29-22)5-4-6-23(19)36-3/h4-7,10,13,18,21-22,29H,8-9,11-12,14H2,1-3H3,(H,30,35)/t18-,21+,22?/m1/s1. The largest absolute Gasteiger partial charge is 0.496 e. The number of nitrogens with one attached hydrogen (secondary N) is 2. The van der Waals surface area contributed by atoms with Crippen LogP contribution in [0.1, 0.15) is 36.8 Å². The van der Waals surface area contributed by atoms with Gasteiger partial charge in [0.15, 0.2) is 0 Å². The average molecular weight is 519 g/mol. The molecule has 1 fully saturated rings. The molecule has 1 saturated heterocycles. The molecule has 1 aliphatic heterocycles. The summed E-state index contributed by atoms with van der Waals surface area (Å²) in [6.45, 7) is 2.76. The first-order chi connectivity index (χ1) is 17.9. The Labute approximate surface area is 217 Å². The number of ether oxygens (including phenoxy) is 1. The number of fused-ring (bicyclic) bond motifs is 6. The minimum atomic E-state index is -0.393. The maximum atomic E-state index is 13.4. The van der Waals surface area contributed by atoms with Crippen LogP contribution in [0, 0.1) is 5.92 Å². The molecule has 3 heterocycles. The van der Waals surface area contributed by atoms with Crippen molar-refractivity contribution in [3.63, 3.8) is 0 Å². The second kappa shape index (κ2) is 9.15. The number of benzene rings is 2. The number of aromatic amines is 1. The summed E-state index contributed by atoms with van der Waals surface area (Å²) in [5, 5.41) is 4.45. The highest BCUT2D eigenvalue weighted by molar-refractivity contribution is 7.25. The lowest BCUT2D eigenvalue weighted by Crippen LogP contribution is -2.38. The van der Waals surface area contributed by atoms with Crippen molar-refractivity contribution in [1.82, 2.24) is 14.9 Å². The molecule has 1 aliphatic carbocycles. The van der Waals surface area contributed by atoms with E-state index in [4.69, 9.17) is 4.74 Å². The molecular formula is C28H30N4O4S. The molecule has 1 amide bonds. The van der Waals surface area contributed by atoms with Gasteiger partial charge in [-0.15, -0.1) is 11.3 Å². The van der Waals surface area contributed by atoms with Gasteiger partial charge in [-0.05, 0) is 60.6 Å². The van der Waals surface area contributed by atoms with Crippen LogP contribution in [0.2, 0.25) is 0 Å². The fraction of sp³-hybridized carbons (Fsp3) is 0.393. The van der Waals surface area contributed by atoms with Crippen molar-refractivity contribution in [3.8, 4) is 5.75 Å². The number of rotatable bonds is 5. The van der Waals surface area contributed by atoms with E-state index in [9.17, 15) is 14.4 Å². The molecule has 192 valence electrons. The summed E-state index contributed by atoms with van der Waals surface area (Å²) in [6, 6.07) is 12.2. The molecule has 2 aromatic carbocycles. The molecule has 3 atom stereocenters. The number of hydrogen-bond donors (Lipinski definition) is 2. The van der Waals surface area contributed by atoms with Crippen LogP contribution in [0.5, 0.6) is 5.75 Å². The lowest BCUT2D eigenvalue weighted by atomic mass is 9.74. The van der Waals surface area contributed by atoms with E-state index in [2.05, 4.69) is 22.4 Å². The van der Waals surface area contributed by atoms with Crippen LogP contribution in [-0.2, 0) is 17.8 Å². The van der Waals surface area contributed by atoms with Crippen molar-refractivity contribution in [2.24, 2.45) is 5.92 Å². The first-order valence-electron chi connectivity index (χ1n) is 12.7. The van der Waals surface area contributed by atoms with Crippen LogP contribution >= 0.6 is 11.3 Å². The van der Waals surface area contributed by atoms with Crippen LogP contribution < -0.4 is 26.2 Å². The molecule has 2 N–H and O–H groups in total. The van der Waals surface area contributed by atoms with E-state index in [0.29, 0.717) is 35.0 Å². The minimum Gasteiger partial charge on any atom is -0.496 e. The summed E-state index contributed by atoms with van der Waals surface area (Å²) in [6.07, 6.45) is 2.76. The Morgan fingerprint density at radius 1 is 1.24 bits per heavy atom. The van der Waals surface area contributed by atoms with E-state index in [-0.39, 0.29) is 17.5 Å². The molecule has 37 heavy (non-hydrogen) atoms. The van der Waals surface area contributed by atoms with Crippen LogP contribution in [0.3, 0.4) is 0 Å². The van der Waals surface area contributed by atoms with E-state index >= 15 is 0 Å². The Morgan fingerprint density at radius 2 is 2.08 bits per heavy atom. The van der Waals surface area contributed by atoms with Gasteiger partial charge >= 0.3 is 5.69 Å². The number of hydrogen-bond acceptors (Lipinski definition) is 6. The lowest BCUT2D eigenvalue weighted by molar-refractivity contribution is -0.116. The number of nitrogens with zero attached hydrogens (tertiary/aromatic N) is 2. The third-order valence-electron chi connectivity index (χ3n) is 8.26. The Bertz CT molecular complexity index is 1650. The molecule has 2 aliphatic rings. The summed E-state index contributed by atoms with van der Waals surface area (Å²) in [5.41, 5.74) is 3.29. The van der Waals surface area contributed by atoms with E-state index < -0.39 is 5.69 Å². The van der Waals surface area contributed by atoms with E-state index in [0.717, 1.165) is 40.9 Å². The third-order valence-corrected chi connectivity index (χ3v) is 9.42. The quantitative estimate of drug-likeness (QED) is 0.421. The fourth-order valence-electron chi connectivity index (χ4n) is 6.23. The number of anilines is 1. The molecule has 0 saturated carbocycles. The minimum absolute atomic E-state index is 0.0851. The highest BCUT2D eigenvalue weighted by Gasteiger charge is 2.40. The van der Waals surface area contributed by atoms with E-state index in [1.54, 1.807) is 19.1 Å². The number of methoxy groups -OCH3 is 1. The van der Waals surface area contributed by atoms with Crippen molar-refractivity contribution < 1.29 is 9.53 Å². The van der Waals surface area contributed by atoms with Gasteiger partial charge in [0.25, 0.3) is 5.56 Å². The zero-order valence-corrected chi connectivity index (χ0v) is 22.0. The van der Waals surface area contributed by atoms with E-state index in [1.165, 1.54) is 34.0 Å². The van der Waals surface area contributed by atoms with Gasteiger partial charge in [0.2, 0.25) is 5.91 Å². The van der Waals surface area contributed by atoms with Gasteiger partial charge < -0.3 is 19.9 Å². The van der Waals surface area contributed by atoms with Gasteiger partial charge in [0, 0.05) is 54.8 Å². The average Bonchev–Trinajstić information content (AvgIpc) is 3.49. The SMILES string of the molecule is COc1cccc2c1CC[C@H]1C(CCn3c(=O)[nH]c4c(sc5ccc(N(C)C(C)=O)cc54)c3=O)NC[C@@H]21. The topological polar surface area (TPSA) is 96.4 Å². The van der Waals surface area contributed by atoms with Gasteiger partial charge in [-0.3, -0.25) is 14.2 Å². The zero-order valence-electron chi connectivity index (χ0n) is 21.2. The number of carbonyl (C=O) groups is 1. The van der Waals surface area contributed by atoms with Crippen LogP contribution in [0.4, 0.5) is 5.69 Å². The Kier molecular flexibility index (Phi) is 5.92. The van der Waals surface area contributed by atoms with Crippen molar-refractivity contribution in [2.75, 3.05) is 25.6 Å². The molecular weight excluding hydrogens is 488 g/mol. The van der Waals surface area contributed by atoms with Gasteiger partial charge in [-0.1, -0.05) is 12.1 Å². The van der Waals surface area contributed by atoms with Gasteiger partial charge in [0.1, 0.15) is 10.4 Å². The van der Waals surface area contributed by atoms with Gasteiger partial charge in [-0.25, -0.2) is 4.79 Å². The first-order valence-corrected chi connectivity index (χ1v) is 13.5. The summed E-state index contributed by atoms with van der Waals surface area (Å²) in [5.74, 6) is 1.78. The summed E-state index contributed by atoms with van der Waals surface area (Å²) in [7, 11) is 3.43. The molecule has 0 radical (unpaired) electrons. The Morgan fingerprint density at radius 3 is 2.86 bits per heavy atom. The van der Waals surface area contributed by atoms with E-state index in [1.807, 2.05) is 24.3 Å². The summed E-state index contributed by atoms with van der Waals surface area (Å²) >= 11 is 1.38. The highest BCUT2D eigenvalue weighted by atomic mass is 32.1. The number of aromatic nitrogens is 2. The van der Waals surface area contributed by atoms with Crippen molar-refractivity contribution in [1.29, 1.82) is 0 Å². The van der Waals surface area contributed by atoms with Crippen LogP contribution in [0.25, 0.3) is 20.3 Å². The molecule has 4 aromatic rings. The normalized spacial score (nSPS) is 20.7. The molecule has 0 spiro atoms. The number of carbonyl (C=O) groups excluding carboxylic acids is 1. The predicted molar refractivity (Wildman–Crippen MR) is 147 cm³/mol. The maximum Gasteiger partial charge on any atom is 0.328 e. The fourth-order valence-corrected chi connectivity index (χ4v) is 7.32. The van der Waals surface area contributed by atoms with Crippen molar-refractivity contribution >= 4 is 43.2 Å². The predicted octanol–water partition coefficient (Wildman–Crippen LogP) is 3.60. The lowest BCUT2D eigenvalue weighted by Gasteiger charge is -2.31. The monoisotopic (exact) mass is 518 g/mol. The third kappa shape index (κ3) is 3.88. The number of H-pyrrole nitrogens is 1.